The number of hydrogen-bond acceptors (Lipinski definition) is 10. The SMILES string of the molecule is CC.Cc1ccc(NC(=O)NCCCCC(NC(=O)NC(CCC(=O)O)C(=O)O)C(=O)O)cc1.O=C(O)CCC(NC(=O)NC(CCCCNC(=O)Nc1ccccc1)C(=O)O)C(=O)O. The maximum atomic E-state index is 11.9. The van der Waals surface area contributed by atoms with Crippen molar-refractivity contribution in [1.29, 1.82) is 0 Å². The second-order valence-corrected chi connectivity index (χ2v) is 13.6. The number of carbonyl (C=O) groups is 10. The van der Waals surface area contributed by atoms with Crippen molar-refractivity contribution < 1.29 is 78.6 Å². The second kappa shape index (κ2) is 33.0. The number of benzene rings is 2. The molecule has 2 aromatic rings. The number of amides is 8. The summed E-state index contributed by atoms with van der Waals surface area (Å²) < 4.78 is 0. The second-order valence-electron chi connectivity index (χ2n) is 13.6. The summed E-state index contributed by atoms with van der Waals surface area (Å²) in [4.78, 5) is 113. The van der Waals surface area contributed by atoms with Crippen LogP contribution in [0.3, 0.4) is 0 Å². The van der Waals surface area contributed by atoms with Crippen LogP contribution in [0, 0.1) is 6.92 Å². The Hall–Kier alpha value is -7.66. The van der Waals surface area contributed by atoms with E-state index in [1.54, 1.807) is 36.4 Å². The molecule has 14 N–H and O–H groups in total. The minimum atomic E-state index is -1.46. The van der Waals surface area contributed by atoms with E-state index in [0.29, 0.717) is 37.1 Å². The summed E-state index contributed by atoms with van der Waals surface area (Å²) in [5, 5.41) is 72.8. The number of carboxylic acid groups (broad SMARTS) is 6. The fourth-order valence-electron chi connectivity index (χ4n) is 5.14. The summed E-state index contributed by atoms with van der Waals surface area (Å²) in [7, 11) is 0. The number of aliphatic carboxylic acids is 6. The van der Waals surface area contributed by atoms with Crippen molar-refractivity contribution in [3.05, 3.63) is 60.2 Å². The molecule has 65 heavy (non-hydrogen) atoms. The van der Waals surface area contributed by atoms with Gasteiger partial charge in [0.1, 0.15) is 24.2 Å². The molecule has 4 atom stereocenters. The van der Waals surface area contributed by atoms with E-state index in [4.69, 9.17) is 20.4 Å². The molecule has 0 aliphatic carbocycles. The lowest BCUT2D eigenvalue weighted by atomic mass is 10.1. The van der Waals surface area contributed by atoms with Gasteiger partial charge >= 0.3 is 59.9 Å². The number of hydrogen-bond donors (Lipinski definition) is 14. The number of unbranched alkanes of at least 4 members (excludes halogenated alkanes) is 2. The van der Waals surface area contributed by atoms with Gasteiger partial charge in [0.2, 0.25) is 0 Å². The maximum absolute atomic E-state index is 11.9. The Kier molecular flexibility index (Phi) is 29.1. The highest BCUT2D eigenvalue weighted by Gasteiger charge is 2.26. The zero-order valence-corrected chi connectivity index (χ0v) is 36.3. The minimum absolute atomic E-state index is 0.0525. The summed E-state index contributed by atoms with van der Waals surface area (Å²) >= 11 is 0. The van der Waals surface area contributed by atoms with Gasteiger partial charge in [-0.1, -0.05) is 49.7 Å². The summed E-state index contributed by atoms with van der Waals surface area (Å²) in [6, 6.07) is 7.74. The average molecular weight is 921 g/mol. The zero-order valence-electron chi connectivity index (χ0n) is 36.3. The van der Waals surface area contributed by atoms with Crippen molar-refractivity contribution >= 4 is 71.3 Å². The Balaban J connectivity index is 0.00000121. The smallest absolute Gasteiger partial charge is 0.326 e. The van der Waals surface area contributed by atoms with Crippen LogP contribution in [0.15, 0.2) is 54.6 Å². The van der Waals surface area contributed by atoms with Crippen molar-refractivity contribution in [3.8, 4) is 0 Å². The van der Waals surface area contributed by atoms with Crippen molar-refractivity contribution in [2.45, 2.75) is 109 Å². The monoisotopic (exact) mass is 920 g/mol. The van der Waals surface area contributed by atoms with E-state index < -0.39 is 96.9 Å². The predicted octanol–water partition coefficient (Wildman–Crippen LogP) is 3.43. The van der Waals surface area contributed by atoms with Gasteiger partial charge in [-0.05, 0) is 82.6 Å². The quantitative estimate of drug-likeness (QED) is 0.0601. The number of para-hydroxylation sites is 1. The normalized spacial score (nSPS) is 11.9. The highest BCUT2D eigenvalue weighted by molar-refractivity contribution is 5.90. The van der Waals surface area contributed by atoms with Gasteiger partial charge in [0.15, 0.2) is 0 Å². The molecule has 0 fully saturated rings. The molecular formula is C41H60N8O16. The number of aryl methyl sites for hydroxylation is 1. The first kappa shape index (κ1) is 57.3. The first-order chi connectivity index (χ1) is 30.8. The lowest BCUT2D eigenvalue weighted by Gasteiger charge is -2.18. The van der Waals surface area contributed by atoms with Gasteiger partial charge in [0.05, 0.1) is 0 Å². The molecule has 2 rings (SSSR count). The van der Waals surface area contributed by atoms with Crippen LogP contribution in [-0.2, 0) is 28.8 Å². The maximum Gasteiger partial charge on any atom is 0.326 e. The molecule has 0 spiro atoms. The Morgan fingerprint density at radius 1 is 0.431 bits per heavy atom. The number of urea groups is 4. The molecule has 0 bridgehead atoms. The van der Waals surface area contributed by atoms with Crippen molar-refractivity contribution in [2.75, 3.05) is 23.7 Å². The Morgan fingerprint density at radius 3 is 1.08 bits per heavy atom. The van der Waals surface area contributed by atoms with Gasteiger partial charge in [-0.2, -0.15) is 0 Å². The first-order valence-corrected chi connectivity index (χ1v) is 20.5. The van der Waals surface area contributed by atoms with Gasteiger partial charge in [0.25, 0.3) is 0 Å². The van der Waals surface area contributed by atoms with Gasteiger partial charge in [-0.15, -0.1) is 0 Å². The summed E-state index contributed by atoms with van der Waals surface area (Å²) in [5.74, 6) is -7.90. The fourth-order valence-corrected chi connectivity index (χ4v) is 5.14. The third-order valence-corrected chi connectivity index (χ3v) is 8.46. The molecule has 0 saturated heterocycles. The van der Waals surface area contributed by atoms with E-state index >= 15 is 0 Å². The van der Waals surface area contributed by atoms with Crippen LogP contribution in [0.25, 0.3) is 0 Å². The van der Waals surface area contributed by atoms with Crippen molar-refractivity contribution in [2.24, 2.45) is 0 Å². The van der Waals surface area contributed by atoms with Crippen LogP contribution in [-0.4, -0.2) is 128 Å². The zero-order chi connectivity index (χ0) is 49.3. The number of carboxylic acids is 6. The topological polar surface area (TPSA) is 388 Å². The van der Waals surface area contributed by atoms with E-state index in [1.165, 1.54) is 0 Å². The number of rotatable bonds is 26. The van der Waals surface area contributed by atoms with E-state index in [0.717, 1.165) is 5.56 Å². The molecule has 0 aliphatic heterocycles. The summed E-state index contributed by atoms with van der Waals surface area (Å²) in [6.45, 7) is 6.50. The molecule has 4 unspecified atom stereocenters. The number of nitrogens with one attached hydrogen (secondary N) is 8. The van der Waals surface area contributed by atoms with Crippen LogP contribution >= 0.6 is 0 Å². The van der Waals surface area contributed by atoms with Gasteiger partial charge in [-0.3, -0.25) is 9.59 Å². The van der Waals surface area contributed by atoms with Crippen LogP contribution in [0.5, 0.6) is 0 Å². The Morgan fingerprint density at radius 2 is 0.754 bits per heavy atom. The van der Waals surface area contributed by atoms with E-state index in [1.807, 2.05) is 39.0 Å². The minimum Gasteiger partial charge on any atom is -0.481 e. The molecule has 24 heteroatoms. The van der Waals surface area contributed by atoms with Crippen LogP contribution in [0.1, 0.15) is 83.6 Å². The van der Waals surface area contributed by atoms with Crippen LogP contribution in [0.2, 0.25) is 0 Å². The molecule has 0 heterocycles. The summed E-state index contributed by atoms with van der Waals surface area (Å²) in [6.07, 6.45) is 0.117. The average Bonchev–Trinajstić information content (AvgIpc) is 3.24. The lowest BCUT2D eigenvalue weighted by molar-refractivity contribution is -0.142. The standard InChI is InChI=1S/C20H28N4O8.C19H26N4O8.C2H6/c1-12-5-7-13(8-6-12)22-19(31)21-11-3-2-4-14(17(27)28)23-20(32)24-15(18(29)30)9-10-16(25)26;24-15(25)10-9-14(17(28)29)23-19(31)22-13(16(26)27)8-4-5-11-20-18(30)21-12-6-2-1-3-7-12;1-2/h5-8,14-15H,2-4,9-11H2,1H3,(H,25,26)(H,27,28)(H,29,30)(H2,21,22,31)(H2,23,24,32);1-3,6-7,13-14H,4-5,8-11H2,(H,24,25)(H,26,27)(H,28,29)(H2,20,21,30)(H2,22,23,31);1-2H3. The first-order valence-electron chi connectivity index (χ1n) is 20.5. The highest BCUT2D eigenvalue weighted by atomic mass is 16.4. The van der Waals surface area contributed by atoms with Crippen molar-refractivity contribution in [1.82, 2.24) is 31.9 Å². The molecule has 24 nitrogen and oxygen atoms in total. The van der Waals surface area contributed by atoms with E-state index in [2.05, 4.69) is 42.5 Å². The lowest BCUT2D eigenvalue weighted by Crippen LogP contribution is -2.51. The number of carbonyl (C=O) groups excluding carboxylic acids is 4. The van der Waals surface area contributed by atoms with Gasteiger partial charge < -0.3 is 73.2 Å². The molecule has 8 amide bonds. The predicted molar refractivity (Wildman–Crippen MR) is 233 cm³/mol. The molecular weight excluding hydrogens is 860 g/mol. The third-order valence-electron chi connectivity index (χ3n) is 8.46. The Bertz CT molecular complexity index is 1850. The van der Waals surface area contributed by atoms with E-state index in [-0.39, 0.29) is 38.8 Å². The largest absolute Gasteiger partial charge is 0.481 e. The van der Waals surface area contributed by atoms with Crippen LogP contribution in [0.4, 0.5) is 30.6 Å². The molecule has 0 aliphatic rings. The van der Waals surface area contributed by atoms with Crippen molar-refractivity contribution in [3.63, 3.8) is 0 Å². The van der Waals surface area contributed by atoms with Gasteiger partial charge in [-0.25, -0.2) is 38.4 Å². The number of anilines is 2. The van der Waals surface area contributed by atoms with Crippen LogP contribution < -0.4 is 42.5 Å². The third kappa shape index (κ3) is 28.5. The molecule has 360 valence electrons. The molecule has 0 saturated carbocycles. The Labute approximate surface area is 374 Å². The molecule has 2 aromatic carbocycles. The summed E-state index contributed by atoms with van der Waals surface area (Å²) in [5.41, 5.74) is 2.33. The molecule has 0 radical (unpaired) electrons. The highest BCUT2D eigenvalue weighted by Crippen LogP contribution is 2.09. The van der Waals surface area contributed by atoms with E-state index in [9.17, 15) is 58.2 Å². The molecule has 0 aromatic heterocycles. The van der Waals surface area contributed by atoms with Gasteiger partial charge in [0, 0.05) is 37.3 Å². The fraction of sp³-hybridized carbons (Fsp3) is 0.463.